The standard InChI is InChI=1S/C34H33F2N5O7.C2H6/c1-34(2,3)48-33(44)28(32(43)47-6)23-13-11-19(15-37-23)38-30-27-24(39-29(40-30)26-21(35)8-7-9-22(26)36)17-41(31(27)42)16-18-10-12-20(45-4)14-25(18)46-5;1-2/h7-15,28H,16-17H2,1-6H3,(H,38,39,40);1-2H3. The summed E-state index contributed by atoms with van der Waals surface area (Å²) in [5.41, 5.74) is 0.0307. The lowest BCUT2D eigenvalue weighted by molar-refractivity contribution is -0.163. The molecule has 0 bridgehead atoms. The smallest absolute Gasteiger partial charge is 0.327 e. The van der Waals surface area contributed by atoms with E-state index in [0.717, 1.165) is 19.2 Å². The maximum atomic E-state index is 14.9. The highest BCUT2D eigenvalue weighted by Crippen LogP contribution is 2.35. The number of hydrogen-bond donors (Lipinski definition) is 1. The Morgan fingerprint density at radius 3 is 2.22 bits per heavy atom. The first-order valence-electron chi connectivity index (χ1n) is 15.7. The molecule has 264 valence electrons. The topological polar surface area (TPSA) is 142 Å². The third kappa shape index (κ3) is 8.13. The van der Waals surface area contributed by atoms with Gasteiger partial charge in [-0.25, -0.2) is 18.7 Å². The molecule has 0 fully saturated rings. The maximum absolute atomic E-state index is 14.9. The van der Waals surface area contributed by atoms with Crippen molar-refractivity contribution in [2.75, 3.05) is 26.6 Å². The van der Waals surface area contributed by atoms with Crippen LogP contribution in [0, 0.1) is 11.6 Å². The minimum atomic E-state index is -1.45. The zero-order valence-electron chi connectivity index (χ0n) is 29.1. The second kappa shape index (κ2) is 15.7. The maximum Gasteiger partial charge on any atom is 0.327 e. The van der Waals surface area contributed by atoms with Crippen molar-refractivity contribution in [2.45, 2.75) is 59.2 Å². The van der Waals surface area contributed by atoms with Crippen LogP contribution < -0.4 is 14.8 Å². The molecular formula is C36H39F2N5O7. The molecule has 1 aliphatic rings. The highest BCUT2D eigenvalue weighted by Gasteiger charge is 2.36. The van der Waals surface area contributed by atoms with Crippen LogP contribution in [0.15, 0.2) is 54.7 Å². The Morgan fingerprint density at radius 1 is 0.940 bits per heavy atom. The Morgan fingerprint density at radius 2 is 1.64 bits per heavy atom. The third-order valence-corrected chi connectivity index (χ3v) is 7.29. The second-order valence-electron chi connectivity index (χ2n) is 11.7. The van der Waals surface area contributed by atoms with E-state index in [2.05, 4.69) is 20.3 Å². The molecule has 1 aliphatic heterocycles. The van der Waals surface area contributed by atoms with E-state index >= 15 is 0 Å². The molecule has 1 atom stereocenters. The normalized spacial score (nSPS) is 12.7. The Kier molecular flexibility index (Phi) is 11.7. The van der Waals surface area contributed by atoms with Crippen molar-refractivity contribution in [1.82, 2.24) is 19.9 Å². The van der Waals surface area contributed by atoms with Gasteiger partial charge in [0.15, 0.2) is 11.7 Å². The highest BCUT2D eigenvalue weighted by molar-refractivity contribution is 6.03. The molecule has 1 N–H and O–H groups in total. The number of rotatable bonds is 10. The van der Waals surface area contributed by atoms with Gasteiger partial charge in [-0.3, -0.25) is 19.4 Å². The van der Waals surface area contributed by atoms with Gasteiger partial charge in [0, 0.05) is 11.6 Å². The van der Waals surface area contributed by atoms with Gasteiger partial charge in [0.05, 0.1) is 63.3 Å². The first-order valence-corrected chi connectivity index (χ1v) is 15.7. The Labute approximate surface area is 288 Å². The number of carbonyl (C=O) groups excluding carboxylic acids is 3. The fraction of sp³-hybridized carbons (Fsp3) is 0.333. The second-order valence-corrected chi connectivity index (χ2v) is 11.7. The summed E-state index contributed by atoms with van der Waals surface area (Å²) in [5, 5.41) is 3.00. The molecule has 2 aromatic heterocycles. The molecule has 0 radical (unpaired) electrons. The molecule has 1 unspecified atom stereocenters. The van der Waals surface area contributed by atoms with E-state index in [1.54, 1.807) is 39.0 Å². The van der Waals surface area contributed by atoms with Crippen LogP contribution >= 0.6 is 0 Å². The van der Waals surface area contributed by atoms with Crippen molar-refractivity contribution < 1.29 is 42.1 Å². The number of halogens is 2. The molecule has 50 heavy (non-hydrogen) atoms. The fourth-order valence-electron chi connectivity index (χ4n) is 5.09. The summed E-state index contributed by atoms with van der Waals surface area (Å²) >= 11 is 0. The quantitative estimate of drug-likeness (QED) is 0.147. The van der Waals surface area contributed by atoms with E-state index in [1.165, 1.54) is 43.5 Å². The first-order chi connectivity index (χ1) is 23.8. The van der Waals surface area contributed by atoms with Crippen LogP contribution in [0.4, 0.5) is 20.3 Å². The van der Waals surface area contributed by atoms with Crippen LogP contribution in [-0.2, 0) is 32.2 Å². The average molecular weight is 692 g/mol. The number of hydrogen-bond acceptors (Lipinski definition) is 11. The molecule has 0 spiro atoms. The van der Waals surface area contributed by atoms with Gasteiger partial charge in [-0.15, -0.1) is 0 Å². The van der Waals surface area contributed by atoms with Crippen LogP contribution in [-0.4, -0.2) is 64.6 Å². The number of fused-ring (bicyclic) bond motifs is 1. The van der Waals surface area contributed by atoms with Gasteiger partial charge in [-0.1, -0.05) is 19.9 Å². The molecule has 4 aromatic rings. The van der Waals surface area contributed by atoms with Crippen molar-refractivity contribution in [3.05, 3.63) is 88.9 Å². The number of methoxy groups -OCH3 is 3. The molecule has 2 aromatic carbocycles. The minimum absolute atomic E-state index is 0.0114. The number of aromatic nitrogens is 3. The highest BCUT2D eigenvalue weighted by atomic mass is 19.1. The number of ether oxygens (including phenoxy) is 4. The van der Waals surface area contributed by atoms with Crippen molar-refractivity contribution in [1.29, 1.82) is 0 Å². The lowest BCUT2D eigenvalue weighted by Gasteiger charge is -2.22. The van der Waals surface area contributed by atoms with Crippen LogP contribution in [0.3, 0.4) is 0 Å². The molecule has 12 nitrogen and oxygen atoms in total. The van der Waals surface area contributed by atoms with Crippen molar-refractivity contribution in [2.24, 2.45) is 0 Å². The summed E-state index contributed by atoms with van der Waals surface area (Å²) in [7, 11) is 4.17. The van der Waals surface area contributed by atoms with Gasteiger partial charge in [0.1, 0.15) is 40.1 Å². The summed E-state index contributed by atoms with van der Waals surface area (Å²) in [4.78, 5) is 53.8. The largest absolute Gasteiger partial charge is 0.497 e. The summed E-state index contributed by atoms with van der Waals surface area (Å²) < 4.78 is 50.7. The molecule has 14 heteroatoms. The number of carbonyl (C=O) groups is 3. The molecule has 0 aliphatic carbocycles. The van der Waals surface area contributed by atoms with Gasteiger partial charge >= 0.3 is 11.9 Å². The van der Waals surface area contributed by atoms with E-state index in [-0.39, 0.29) is 47.4 Å². The SMILES string of the molecule is CC.COC(=O)C(C(=O)OC(C)(C)C)c1ccc(Nc2nc(-c3c(F)cccc3F)nc3c2C(=O)N(Cc2ccc(OC)cc2OC)C3)cn1. The van der Waals surface area contributed by atoms with E-state index in [9.17, 15) is 23.2 Å². The Balaban J connectivity index is 0.00000276. The molecule has 3 heterocycles. The average Bonchev–Trinajstić information content (AvgIpc) is 3.40. The van der Waals surface area contributed by atoms with Gasteiger partial charge in [0.2, 0.25) is 0 Å². The van der Waals surface area contributed by atoms with Crippen LogP contribution in [0.5, 0.6) is 11.5 Å². The van der Waals surface area contributed by atoms with Gasteiger partial charge in [-0.05, 0) is 57.2 Å². The van der Waals surface area contributed by atoms with Gasteiger partial charge in [-0.2, -0.15) is 0 Å². The van der Waals surface area contributed by atoms with E-state index in [0.29, 0.717) is 17.1 Å². The summed E-state index contributed by atoms with van der Waals surface area (Å²) in [5.74, 6) is -4.59. The van der Waals surface area contributed by atoms with Gasteiger partial charge < -0.3 is 29.2 Å². The number of nitrogens with zero attached hydrogens (tertiary/aromatic N) is 4. The van der Waals surface area contributed by atoms with Crippen molar-refractivity contribution in [3.8, 4) is 22.9 Å². The fourth-order valence-corrected chi connectivity index (χ4v) is 5.09. The number of pyridine rings is 1. The number of benzene rings is 2. The van der Waals surface area contributed by atoms with E-state index < -0.39 is 46.6 Å². The van der Waals surface area contributed by atoms with E-state index in [1.807, 2.05) is 13.8 Å². The summed E-state index contributed by atoms with van der Waals surface area (Å²) in [6.07, 6.45) is 1.31. The van der Waals surface area contributed by atoms with Crippen LogP contribution in [0.1, 0.15) is 67.8 Å². The molecule has 0 saturated carbocycles. The zero-order valence-corrected chi connectivity index (χ0v) is 29.1. The predicted molar refractivity (Wildman–Crippen MR) is 180 cm³/mol. The summed E-state index contributed by atoms with van der Waals surface area (Å²) in [6, 6.07) is 11.5. The zero-order chi connectivity index (χ0) is 36.7. The van der Waals surface area contributed by atoms with Gasteiger partial charge in [0.25, 0.3) is 5.91 Å². The minimum Gasteiger partial charge on any atom is -0.497 e. The Bertz CT molecular complexity index is 1860. The molecule has 5 rings (SSSR count). The third-order valence-electron chi connectivity index (χ3n) is 7.29. The predicted octanol–water partition coefficient (Wildman–Crippen LogP) is 6.36. The summed E-state index contributed by atoms with van der Waals surface area (Å²) in [6.45, 7) is 9.13. The van der Waals surface area contributed by atoms with Crippen molar-refractivity contribution >= 4 is 29.4 Å². The lowest BCUT2D eigenvalue weighted by atomic mass is 10.0. The molecule has 0 saturated heterocycles. The lowest BCUT2D eigenvalue weighted by Crippen LogP contribution is -2.32. The van der Waals surface area contributed by atoms with Crippen molar-refractivity contribution in [3.63, 3.8) is 0 Å². The van der Waals surface area contributed by atoms with Crippen LogP contribution in [0.25, 0.3) is 11.4 Å². The molecular weight excluding hydrogens is 652 g/mol. The number of anilines is 2. The monoisotopic (exact) mass is 691 g/mol. The van der Waals surface area contributed by atoms with Crippen LogP contribution in [0.2, 0.25) is 0 Å². The number of nitrogens with one attached hydrogen (secondary N) is 1. The Hall–Kier alpha value is -5.66. The number of esters is 2. The molecule has 1 amide bonds. The van der Waals surface area contributed by atoms with E-state index in [4.69, 9.17) is 18.9 Å². The first kappa shape index (κ1) is 37.2. The number of amides is 1.